The molecule has 1 unspecified atom stereocenters. The minimum Gasteiger partial charge on any atom is -0.497 e. The summed E-state index contributed by atoms with van der Waals surface area (Å²) < 4.78 is 12.2. The molecule has 276 valence electrons. The maximum absolute atomic E-state index is 14.0. The largest absolute Gasteiger partial charge is 0.497 e. The average Bonchev–Trinajstić information content (AvgIpc) is 3.56. The summed E-state index contributed by atoms with van der Waals surface area (Å²) in [5, 5.41) is 2.39. The van der Waals surface area contributed by atoms with Gasteiger partial charge in [0.25, 0.3) is 0 Å². The number of hydrogen-bond acceptors (Lipinski definition) is 9. The van der Waals surface area contributed by atoms with Gasteiger partial charge in [0.2, 0.25) is 11.8 Å². The first kappa shape index (κ1) is 40.0. The summed E-state index contributed by atoms with van der Waals surface area (Å²) in [6, 6.07) is 5.55. The number of ketones is 1. The Morgan fingerprint density at radius 1 is 1.10 bits per heavy atom. The number of unbranched alkanes of at least 4 members (excludes halogenated alkanes) is 2. The Labute approximate surface area is 309 Å². The summed E-state index contributed by atoms with van der Waals surface area (Å²) in [6.45, 7) is 14.3. The molecular formula is C41H56N4O5S. The Kier molecular flexibility index (Phi) is 15.0. The van der Waals surface area contributed by atoms with Gasteiger partial charge < -0.3 is 19.2 Å². The van der Waals surface area contributed by atoms with Crippen molar-refractivity contribution >= 4 is 47.2 Å². The number of carbonyl (C=O) groups excluding carboxylic acids is 3. The molecule has 2 saturated carbocycles. The SMILES string of the molecule is C=CCCCCN(C)C(=O)[C@@H]1C[C@H](Oc2nc(C(C)=N/C(=C\S)C(C)C)nc3cc(OC)ccc23)C[C@H]1C(=O)CCC1CC[C@@H](C=C)[C@@H](C=O)C1. The number of methoxy groups -OCH3 is 1. The van der Waals surface area contributed by atoms with Crippen molar-refractivity contribution in [3.8, 4) is 11.6 Å². The number of rotatable bonds is 18. The van der Waals surface area contributed by atoms with Crippen LogP contribution in [0.1, 0.15) is 90.8 Å². The Hall–Kier alpha value is -3.79. The normalized spacial score (nSPS) is 24.0. The number of amides is 1. The molecule has 0 saturated heterocycles. The highest BCUT2D eigenvalue weighted by Gasteiger charge is 2.45. The van der Waals surface area contributed by atoms with E-state index in [2.05, 4.69) is 25.8 Å². The number of Topliss-reactive ketones (excluding diaryl/α,β-unsaturated/α-hetero) is 1. The molecule has 10 heteroatoms. The highest BCUT2D eigenvalue weighted by atomic mass is 32.1. The number of aromatic nitrogens is 2. The van der Waals surface area contributed by atoms with Gasteiger partial charge in [-0.05, 0) is 100 Å². The number of hydrogen-bond donors (Lipinski definition) is 1. The topological polar surface area (TPSA) is 111 Å². The number of ether oxygens (including phenoxy) is 2. The predicted molar refractivity (Wildman–Crippen MR) is 207 cm³/mol. The fraction of sp³-hybridized carbons (Fsp3) is 0.561. The van der Waals surface area contributed by atoms with E-state index in [9.17, 15) is 14.4 Å². The zero-order chi connectivity index (χ0) is 37.1. The van der Waals surface area contributed by atoms with E-state index in [0.29, 0.717) is 72.2 Å². The Balaban J connectivity index is 1.60. The van der Waals surface area contributed by atoms with Gasteiger partial charge in [0.15, 0.2) is 5.82 Å². The van der Waals surface area contributed by atoms with Gasteiger partial charge in [-0.15, -0.1) is 25.8 Å². The van der Waals surface area contributed by atoms with Crippen LogP contribution >= 0.6 is 12.6 Å². The zero-order valence-corrected chi connectivity index (χ0v) is 31.9. The fourth-order valence-electron chi connectivity index (χ4n) is 7.48. The quantitative estimate of drug-likeness (QED) is 0.0544. The van der Waals surface area contributed by atoms with E-state index in [1.54, 1.807) is 17.4 Å². The van der Waals surface area contributed by atoms with E-state index in [1.165, 1.54) is 0 Å². The first-order valence-electron chi connectivity index (χ1n) is 18.4. The van der Waals surface area contributed by atoms with Crippen LogP contribution in [0.25, 0.3) is 10.9 Å². The lowest BCUT2D eigenvalue weighted by molar-refractivity contribution is -0.139. The van der Waals surface area contributed by atoms with E-state index in [-0.39, 0.29) is 29.4 Å². The molecule has 0 bridgehead atoms. The van der Waals surface area contributed by atoms with Crippen LogP contribution in [0.15, 0.2) is 59.6 Å². The van der Waals surface area contributed by atoms with E-state index < -0.39 is 17.9 Å². The molecule has 2 aliphatic carbocycles. The molecule has 2 fully saturated rings. The van der Waals surface area contributed by atoms with Crippen molar-refractivity contribution in [1.29, 1.82) is 0 Å². The van der Waals surface area contributed by atoms with E-state index in [4.69, 9.17) is 24.4 Å². The first-order chi connectivity index (χ1) is 24.5. The summed E-state index contributed by atoms with van der Waals surface area (Å²) in [7, 11) is 3.43. The summed E-state index contributed by atoms with van der Waals surface area (Å²) in [5.74, 6) is 1.18. The molecule has 1 aromatic heterocycles. The van der Waals surface area contributed by atoms with Gasteiger partial charge in [0.1, 0.15) is 23.9 Å². The fourth-order valence-corrected chi connectivity index (χ4v) is 7.83. The zero-order valence-electron chi connectivity index (χ0n) is 31.1. The smallest absolute Gasteiger partial charge is 0.226 e. The van der Waals surface area contributed by atoms with Crippen LogP contribution in [0, 0.1) is 35.5 Å². The third kappa shape index (κ3) is 10.4. The summed E-state index contributed by atoms with van der Waals surface area (Å²) in [5.41, 5.74) is 2.06. The highest BCUT2D eigenvalue weighted by Crippen LogP contribution is 2.40. The molecule has 1 aromatic carbocycles. The second kappa shape index (κ2) is 19.2. The maximum atomic E-state index is 14.0. The number of allylic oxidation sites excluding steroid dienone is 3. The maximum Gasteiger partial charge on any atom is 0.226 e. The number of thiol groups is 1. The lowest BCUT2D eigenvalue weighted by atomic mass is 9.73. The van der Waals surface area contributed by atoms with Crippen LogP contribution < -0.4 is 9.47 Å². The van der Waals surface area contributed by atoms with Gasteiger partial charge in [0.05, 0.1) is 29.6 Å². The third-order valence-corrected chi connectivity index (χ3v) is 10.9. The van der Waals surface area contributed by atoms with Gasteiger partial charge >= 0.3 is 0 Å². The average molecular weight is 717 g/mol. The molecule has 0 aliphatic heterocycles. The molecule has 6 atom stereocenters. The number of carbonyl (C=O) groups is 3. The lowest BCUT2D eigenvalue weighted by Crippen LogP contribution is -2.37. The minimum absolute atomic E-state index is 0.0220. The van der Waals surface area contributed by atoms with Crippen molar-refractivity contribution < 1.29 is 23.9 Å². The molecule has 51 heavy (non-hydrogen) atoms. The summed E-state index contributed by atoms with van der Waals surface area (Å²) in [6.07, 6.45) is 11.7. The van der Waals surface area contributed by atoms with Crippen molar-refractivity contribution in [3.63, 3.8) is 0 Å². The van der Waals surface area contributed by atoms with Gasteiger partial charge in [-0.1, -0.05) is 26.0 Å². The second-order valence-electron chi connectivity index (χ2n) is 14.5. The molecule has 1 heterocycles. The van der Waals surface area contributed by atoms with E-state index in [0.717, 1.165) is 50.5 Å². The number of fused-ring (bicyclic) bond motifs is 1. The monoisotopic (exact) mass is 716 g/mol. The van der Waals surface area contributed by atoms with Crippen molar-refractivity contribution in [2.45, 2.75) is 91.1 Å². The van der Waals surface area contributed by atoms with Crippen LogP contribution in [-0.4, -0.2) is 65.4 Å². The molecule has 0 radical (unpaired) electrons. The van der Waals surface area contributed by atoms with Gasteiger partial charge in [-0.2, -0.15) is 4.98 Å². The second-order valence-corrected chi connectivity index (χ2v) is 14.8. The first-order valence-corrected chi connectivity index (χ1v) is 18.9. The molecule has 9 nitrogen and oxygen atoms in total. The van der Waals surface area contributed by atoms with Crippen LogP contribution in [-0.2, 0) is 14.4 Å². The predicted octanol–water partition coefficient (Wildman–Crippen LogP) is 8.23. The van der Waals surface area contributed by atoms with Crippen LogP contribution in [0.4, 0.5) is 0 Å². The number of aldehydes is 1. The lowest BCUT2D eigenvalue weighted by Gasteiger charge is -2.31. The molecule has 2 aromatic rings. The molecule has 2 aliphatic rings. The highest BCUT2D eigenvalue weighted by molar-refractivity contribution is 7.83. The molecular weight excluding hydrogens is 661 g/mol. The molecule has 0 N–H and O–H groups in total. The number of aliphatic imine (C=N–C) groups is 1. The summed E-state index contributed by atoms with van der Waals surface area (Å²) >= 11 is 4.35. The van der Waals surface area contributed by atoms with Crippen LogP contribution in [0.5, 0.6) is 11.6 Å². The number of nitrogens with zero attached hydrogens (tertiary/aromatic N) is 4. The Morgan fingerprint density at radius 2 is 1.86 bits per heavy atom. The molecule has 0 spiro atoms. The minimum atomic E-state index is -0.490. The van der Waals surface area contributed by atoms with Gasteiger partial charge in [0, 0.05) is 43.6 Å². The standard InChI is InChI=1S/C41H56N4O5S/c1-8-10-11-12-19-45(6)41(48)35-22-32(21-34(35)38(47)18-14-28-13-15-29(9-2)30(20-28)24-46)50-40-33-17-16-31(49-7)23-36(33)43-39(44-40)27(5)42-37(25-51)26(3)4/h8-9,16-17,23-26,28-30,32,34-35,51H,1-2,10-15,18-22H2,3-7H3/b37-25-,42-27?/t28?,29-,30-,32-,34-,35-/m1/s1. The third-order valence-electron chi connectivity index (χ3n) is 10.6. The van der Waals surface area contributed by atoms with Crippen molar-refractivity contribution in [3.05, 3.63) is 60.4 Å². The Morgan fingerprint density at radius 3 is 2.53 bits per heavy atom. The van der Waals surface area contributed by atoms with Crippen LogP contribution in [0.2, 0.25) is 0 Å². The summed E-state index contributed by atoms with van der Waals surface area (Å²) in [4.78, 5) is 55.9. The van der Waals surface area contributed by atoms with Gasteiger partial charge in [-0.3, -0.25) is 14.6 Å². The molecule has 1 amide bonds. The van der Waals surface area contributed by atoms with E-state index in [1.807, 2.05) is 58.2 Å². The van der Waals surface area contributed by atoms with Crippen molar-refractivity contribution in [2.75, 3.05) is 20.7 Å². The van der Waals surface area contributed by atoms with Crippen molar-refractivity contribution in [1.82, 2.24) is 14.9 Å². The van der Waals surface area contributed by atoms with E-state index >= 15 is 0 Å². The number of benzene rings is 1. The molecule has 4 rings (SSSR count). The van der Waals surface area contributed by atoms with Crippen molar-refractivity contribution in [2.24, 2.45) is 40.5 Å². The van der Waals surface area contributed by atoms with Crippen LogP contribution in [0.3, 0.4) is 0 Å². The Bertz CT molecular complexity index is 1620. The van der Waals surface area contributed by atoms with Gasteiger partial charge in [-0.25, -0.2) is 4.98 Å².